The molecule has 140 valence electrons. The van der Waals surface area contributed by atoms with Crippen molar-refractivity contribution in [3.63, 3.8) is 0 Å². The van der Waals surface area contributed by atoms with Crippen LogP contribution in [0.15, 0.2) is 47.1 Å². The predicted octanol–water partition coefficient (Wildman–Crippen LogP) is 3.73. The predicted molar refractivity (Wildman–Crippen MR) is 104 cm³/mol. The van der Waals surface area contributed by atoms with Gasteiger partial charge in [0.2, 0.25) is 5.91 Å². The second-order valence-corrected chi connectivity index (χ2v) is 7.11. The molecule has 1 amide bonds. The first-order valence-electron chi connectivity index (χ1n) is 9.52. The molecule has 0 aliphatic carbocycles. The molecule has 1 fully saturated rings. The largest absolute Gasteiger partial charge is 0.468 e. The van der Waals surface area contributed by atoms with Crippen molar-refractivity contribution in [1.29, 1.82) is 0 Å². The summed E-state index contributed by atoms with van der Waals surface area (Å²) in [5.74, 6) is 0.941. The van der Waals surface area contributed by atoms with Crippen molar-refractivity contribution in [1.82, 2.24) is 10.2 Å². The Labute approximate surface area is 155 Å². The molecule has 1 aliphatic heterocycles. The van der Waals surface area contributed by atoms with Crippen LogP contribution in [0, 0.1) is 6.92 Å². The van der Waals surface area contributed by atoms with E-state index >= 15 is 0 Å². The number of nitrogens with zero attached hydrogens (tertiary/aromatic N) is 1. The molecule has 1 aromatic carbocycles. The van der Waals surface area contributed by atoms with Crippen LogP contribution in [-0.4, -0.2) is 36.5 Å². The lowest BCUT2D eigenvalue weighted by Gasteiger charge is -2.34. The number of amides is 1. The molecule has 5 heteroatoms. The number of carbonyl (C=O) groups excluding carboxylic acids is 1. The number of furan rings is 1. The van der Waals surface area contributed by atoms with Crippen molar-refractivity contribution < 1.29 is 9.21 Å². The lowest BCUT2D eigenvalue weighted by molar-refractivity contribution is -0.117. The Balaban J connectivity index is 1.57. The lowest BCUT2D eigenvalue weighted by atomic mass is 10.1. The van der Waals surface area contributed by atoms with Crippen LogP contribution in [0.25, 0.3) is 0 Å². The number of hydrogen-bond acceptors (Lipinski definition) is 4. The van der Waals surface area contributed by atoms with E-state index in [1.807, 2.05) is 50.2 Å². The molecule has 0 spiro atoms. The fourth-order valence-electron chi connectivity index (χ4n) is 3.39. The zero-order valence-electron chi connectivity index (χ0n) is 15.7. The highest BCUT2D eigenvalue weighted by molar-refractivity contribution is 5.94. The van der Waals surface area contributed by atoms with Gasteiger partial charge in [-0.25, -0.2) is 0 Å². The monoisotopic (exact) mass is 355 g/mol. The molecule has 5 nitrogen and oxygen atoms in total. The van der Waals surface area contributed by atoms with Crippen LogP contribution in [-0.2, 0) is 4.79 Å². The highest BCUT2D eigenvalue weighted by Crippen LogP contribution is 2.24. The fraction of sp³-hybridized carbons (Fsp3) is 0.476. The number of benzene rings is 1. The van der Waals surface area contributed by atoms with Crippen molar-refractivity contribution in [2.45, 2.75) is 45.2 Å². The van der Waals surface area contributed by atoms with Gasteiger partial charge in [0.05, 0.1) is 18.3 Å². The molecule has 0 radical (unpaired) electrons. The quantitative estimate of drug-likeness (QED) is 0.794. The first kappa shape index (κ1) is 18.7. The van der Waals surface area contributed by atoms with E-state index in [-0.39, 0.29) is 18.0 Å². The van der Waals surface area contributed by atoms with Crippen LogP contribution in [0.2, 0.25) is 0 Å². The average Bonchev–Trinajstić information content (AvgIpc) is 3.19. The number of anilines is 1. The molecular formula is C21H29N3O2. The standard InChI is InChI=1S/C21H29N3O2/c1-16-8-10-18(11-9-16)23-21(25)17(2)22-15-19(20-7-6-14-26-20)24-12-4-3-5-13-24/h6-11,14,17,19,22H,3-5,12-13,15H2,1-2H3,(H,23,25)/t17-,19+/m0/s1. The van der Waals surface area contributed by atoms with E-state index in [1.165, 1.54) is 24.8 Å². The topological polar surface area (TPSA) is 57.5 Å². The van der Waals surface area contributed by atoms with Gasteiger partial charge in [-0.05, 0) is 64.0 Å². The van der Waals surface area contributed by atoms with Gasteiger partial charge >= 0.3 is 0 Å². The molecule has 1 saturated heterocycles. The second-order valence-electron chi connectivity index (χ2n) is 7.11. The molecular weight excluding hydrogens is 326 g/mol. The molecule has 0 unspecified atom stereocenters. The molecule has 0 saturated carbocycles. The summed E-state index contributed by atoms with van der Waals surface area (Å²) in [5, 5.41) is 6.35. The van der Waals surface area contributed by atoms with Crippen LogP contribution in [0.1, 0.15) is 43.6 Å². The molecule has 3 rings (SSSR count). The summed E-state index contributed by atoms with van der Waals surface area (Å²) < 4.78 is 5.67. The number of likely N-dealkylation sites (tertiary alicyclic amines) is 1. The van der Waals surface area contributed by atoms with Gasteiger partial charge in [-0.15, -0.1) is 0 Å². The molecule has 2 heterocycles. The summed E-state index contributed by atoms with van der Waals surface area (Å²) in [7, 11) is 0. The van der Waals surface area contributed by atoms with Gasteiger partial charge in [0.25, 0.3) is 0 Å². The summed E-state index contributed by atoms with van der Waals surface area (Å²) in [5.41, 5.74) is 2.00. The first-order chi connectivity index (χ1) is 12.6. The van der Waals surface area contributed by atoms with Gasteiger partial charge in [0.1, 0.15) is 5.76 Å². The number of aryl methyl sites for hydroxylation is 1. The minimum Gasteiger partial charge on any atom is -0.468 e. The summed E-state index contributed by atoms with van der Waals surface area (Å²) >= 11 is 0. The van der Waals surface area contributed by atoms with Crippen molar-refractivity contribution >= 4 is 11.6 Å². The third-order valence-electron chi connectivity index (χ3n) is 5.03. The second kappa shape index (κ2) is 9.01. The summed E-state index contributed by atoms with van der Waals surface area (Å²) in [6, 6.07) is 11.7. The van der Waals surface area contributed by atoms with Crippen molar-refractivity contribution in [3.05, 3.63) is 54.0 Å². The molecule has 0 bridgehead atoms. The Bertz CT molecular complexity index is 676. The number of piperidine rings is 1. The van der Waals surface area contributed by atoms with Gasteiger partial charge < -0.3 is 15.1 Å². The zero-order chi connectivity index (χ0) is 18.4. The van der Waals surface area contributed by atoms with E-state index < -0.39 is 0 Å². The van der Waals surface area contributed by atoms with Crippen LogP contribution in [0.5, 0.6) is 0 Å². The average molecular weight is 355 g/mol. The molecule has 1 aliphatic rings. The maximum absolute atomic E-state index is 12.5. The molecule has 2 N–H and O–H groups in total. The van der Waals surface area contributed by atoms with Gasteiger partial charge in [0.15, 0.2) is 0 Å². The van der Waals surface area contributed by atoms with Gasteiger partial charge in [-0.2, -0.15) is 0 Å². The number of carbonyl (C=O) groups is 1. The van der Waals surface area contributed by atoms with E-state index in [9.17, 15) is 4.79 Å². The third kappa shape index (κ3) is 4.96. The molecule has 2 aromatic rings. The van der Waals surface area contributed by atoms with Gasteiger partial charge in [0, 0.05) is 12.2 Å². The Hall–Kier alpha value is -2.11. The SMILES string of the molecule is Cc1ccc(NC(=O)[C@H](C)NC[C@H](c2ccco2)N2CCCCC2)cc1. The summed E-state index contributed by atoms with van der Waals surface area (Å²) in [6.45, 7) is 6.79. The fourth-order valence-corrected chi connectivity index (χ4v) is 3.39. The minimum absolute atomic E-state index is 0.0225. The summed E-state index contributed by atoms with van der Waals surface area (Å²) in [6.07, 6.45) is 5.46. The lowest BCUT2D eigenvalue weighted by Crippen LogP contribution is -2.44. The Kier molecular flexibility index (Phi) is 6.47. The van der Waals surface area contributed by atoms with E-state index in [2.05, 4.69) is 15.5 Å². The number of hydrogen-bond donors (Lipinski definition) is 2. The van der Waals surface area contributed by atoms with Crippen LogP contribution in [0.4, 0.5) is 5.69 Å². The van der Waals surface area contributed by atoms with E-state index in [1.54, 1.807) is 6.26 Å². The van der Waals surface area contributed by atoms with Crippen LogP contribution < -0.4 is 10.6 Å². The first-order valence-corrected chi connectivity index (χ1v) is 9.52. The van der Waals surface area contributed by atoms with Crippen LogP contribution in [0.3, 0.4) is 0 Å². The Morgan fingerprint density at radius 3 is 2.54 bits per heavy atom. The van der Waals surface area contributed by atoms with Crippen molar-refractivity contribution in [2.75, 3.05) is 25.0 Å². The summed E-state index contributed by atoms with van der Waals surface area (Å²) in [4.78, 5) is 14.9. The molecule has 2 atom stereocenters. The zero-order valence-corrected chi connectivity index (χ0v) is 15.7. The van der Waals surface area contributed by atoms with Crippen LogP contribution >= 0.6 is 0 Å². The maximum atomic E-state index is 12.5. The van der Waals surface area contributed by atoms with E-state index in [0.29, 0.717) is 6.54 Å². The highest BCUT2D eigenvalue weighted by Gasteiger charge is 2.25. The van der Waals surface area contributed by atoms with Gasteiger partial charge in [-0.3, -0.25) is 9.69 Å². The number of rotatable bonds is 7. The molecule has 1 aromatic heterocycles. The smallest absolute Gasteiger partial charge is 0.241 e. The third-order valence-corrected chi connectivity index (χ3v) is 5.03. The highest BCUT2D eigenvalue weighted by atomic mass is 16.3. The molecule has 26 heavy (non-hydrogen) atoms. The normalized spacial score (nSPS) is 17.6. The van der Waals surface area contributed by atoms with Gasteiger partial charge in [-0.1, -0.05) is 24.1 Å². The van der Waals surface area contributed by atoms with E-state index in [4.69, 9.17) is 4.42 Å². The Morgan fingerprint density at radius 1 is 1.15 bits per heavy atom. The van der Waals surface area contributed by atoms with Crippen molar-refractivity contribution in [2.24, 2.45) is 0 Å². The minimum atomic E-state index is -0.279. The van der Waals surface area contributed by atoms with E-state index in [0.717, 1.165) is 24.5 Å². The Morgan fingerprint density at radius 2 is 1.88 bits per heavy atom. The van der Waals surface area contributed by atoms with Crippen molar-refractivity contribution in [3.8, 4) is 0 Å². The maximum Gasteiger partial charge on any atom is 0.241 e. The number of nitrogens with one attached hydrogen (secondary N) is 2.